The molecule has 0 aromatic heterocycles. The topological polar surface area (TPSA) is 68.8 Å². The van der Waals surface area contributed by atoms with Crippen molar-refractivity contribution in [3.8, 4) is 6.07 Å². The van der Waals surface area contributed by atoms with Crippen molar-refractivity contribution in [3.63, 3.8) is 0 Å². The SMILES string of the molecule is COC(c1ccc(C(F)(F)F)cc1)C1C(C#N)=NN(c2ccc(C(F)(F)F)cc2)C1O. The second-order valence-electron chi connectivity index (χ2n) is 6.70. The van der Waals surface area contributed by atoms with Gasteiger partial charge in [-0.3, -0.25) is 0 Å². The lowest BCUT2D eigenvalue weighted by Gasteiger charge is -2.28. The number of rotatable bonds is 4. The second kappa shape index (κ2) is 8.20. The Kier molecular flexibility index (Phi) is 5.98. The van der Waals surface area contributed by atoms with E-state index in [0.29, 0.717) is 0 Å². The number of ether oxygens (including phenoxy) is 1. The average Bonchev–Trinajstić information content (AvgIpc) is 3.04. The van der Waals surface area contributed by atoms with Crippen molar-refractivity contribution in [3.05, 3.63) is 65.2 Å². The van der Waals surface area contributed by atoms with E-state index in [1.165, 1.54) is 19.2 Å². The molecular weight excluding hydrogens is 428 g/mol. The molecule has 2 aromatic rings. The number of hydrogen-bond acceptors (Lipinski definition) is 5. The number of anilines is 1. The van der Waals surface area contributed by atoms with Crippen molar-refractivity contribution in [2.24, 2.45) is 11.0 Å². The van der Waals surface area contributed by atoms with E-state index in [2.05, 4.69) is 5.10 Å². The summed E-state index contributed by atoms with van der Waals surface area (Å²) in [5, 5.41) is 25.1. The number of methoxy groups -OCH3 is 1. The minimum Gasteiger partial charge on any atom is -0.376 e. The van der Waals surface area contributed by atoms with Crippen LogP contribution in [0.4, 0.5) is 32.0 Å². The molecule has 3 rings (SSSR count). The van der Waals surface area contributed by atoms with Gasteiger partial charge in [-0.15, -0.1) is 0 Å². The minimum absolute atomic E-state index is 0.0954. The van der Waals surface area contributed by atoms with Crippen LogP contribution >= 0.6 is 0 Å². The van der Waals surface area contributed by atoms with Gasteiger partial charge in [-0.05, 0) is 42.0 Å². The van der Waals surface area contributed by atoms with Crippen LogP contribution in [-0.2, 0) is 17.1 Å². The molecule has 1 aliphatic rings. The first kappa shape index (κ1) is 22.6. The predicted octanol–water partition coefficient (Wildman–Crippen LogP) is 4.75. The highest BCUT2D eigenvalue weighted by atomic mass is 19.4. The number of hydrogen-bond donors (Lipinski definition) is 1. The molecular formula is C20H15F6N3O2. The maximum atomic E-state index is 12.8. The fraction of sp³-hybridized carbons (Fsp3) is 0.300. The van der Waals surface area contributed by atoms with E-state index >= 15 is 0 Å². The lowest BCUT2D eigenvalue weighted by molar-refractivity contribution is -0.138. The van der Waals surface area contributed by atoms with Crippen LogP contribution in [0.15, 0.2) is 53.6 Å². The molecule has 0 radical (unpaired) electrons. The second-order valence-corrected chi connectivity index (χ2v) is 6.70. The van der Waals surface area contributed by atoms with Gasteiger partial charge in [0.05, 0.1) is 28.8 Å². The van der Waals surface area contributed by atoms with E-state index < -0.39 is 41.7 Å². The molecule has 1 aliphatic heterocycles. The van der Waals surface area contributed by atoms with Crippen molar-refractivity contribution in [1.29, 1.82) is 5.26 Å². The first-order chi connectivity index (χ1) is 14.5. The van der Waals surface area contributed by atoms with Gasteiger partial charge < -0.3 is 9.84 Å². The van der Waals surface area contributed by atoms with Gasteiger partial charge in [-0.1, -0.05) is 12.1 Å². The molecule has 3 unspecified atom stereocenters. The summed E-state index contributed by atoms with van der Waals surface area (Å²) in [5.74, 6) is -1.09. The van der Waals surface area contributed by atoms with E-state index in [1.807, 2.05) is 6.07 Å². The van der Waals surface area contributed by atoms with Crippen molar-refractivity contribution in [1.82, 2.24) is 0 Å². The van der Waals surface area contributed by atoms with Crippen LogP contribution in [0.5, 0.6) is 0 Å². The summed E-state index contributed by atoms with van der Waals surface area (Å²) in [7, 11) is 1.25. The molecule has 164 valence electrons. The van der Waals surface area contributed by atoms with Crippen LogP contribution in [0.2, 0.25) is 0 Å². The largest absolute Gasteiger partial charge is 0.416 e. The van der Waals surface area contributed by atoms with Crippen LogP contribution in [0.3, 0.4) is 0 Å². The zero-order valence-corrected chi connectivity index (χ0v) is 15.8. The summed E-state index contributed by atoms with van der Waals surface area (Å²) in [5.41, 5.74) is -1.60. The summed E-state index contributed by atoms with van der Waals surface area (Å²) in [6.45, 7) is 0. The Morgan fingerprint density at radius 3 is 1.87 bits per heavy atom. The van der Waals surface area contributed by atoms with Crippen LogP contribution in [0.25, 0.3) is 0 Å². The molecule has 1 N–H and O–H groups in total. The summed E-state index contributed by atoms with van der Waals surface area (Å²) in [6, 6.07) is 9.63. The molecule has 31 heavy (non-hydrogen) atoms. The minimum atomic E-state index is -4.55. The molecule has 3 atom stereocenters. The van der Waals surface area contributed by atoms with E-state index in [0.717, 1.165) is 41.4 Å². The zero-order valence-electron chi connectivity index (χ0n) is 15.8. The van der Waals surface area contributed by atoms with Gasteiger partial charge in [-0.25, -0.2) is 5.01 Å². The van der Waals surface area contributed by atoms with E-state index in [4.69, 9.17) is 4.74 Å². The number of aliphatic hydroxyl groups is 1. The average molecular weight is 443 g/mol. The summed E-state index contributed by atoms with van der Waals surface area (Å²) in [6.07, 6.45) is -11.6. The molecule has 0 amide bonds. The number of aliphatic hydroxyl groups excluding tert-OH is 1. The van der Waals surface area contributed by atoms with Gasteiger partial charge >= 0.3 is 12.4 Å². The molecule has 0 bridgehead atoms. The summed E-state index contributed by atoms with van der Waals surface area (Å²) < 4.78 is 82.1. The van der Waals surface area contributed by atoms with Crippen molar-refractivity contribution >= 4 is 11.4 Å². The van der Waals surface area contributed by atoms with Crippen molar-refractivity contribution in [2.45, 2.75) is 24.7 Å². The van der Waals surface area contributed by atoms with Crippen LogP contribution in [0, 0.1) is 17.2 Å². The van der Waals surface area contributed by atoms with Gasteiger partial charge in [-0.2, -0.15) is 36.7 Å². The maximum absolute atomic E-state index is 12.8. The Balaban J connectivity index is 1.91. The highest BCUT2D eigenvalue weighted by Crippen LogP contribution is 2.39. The zero-order chi connectivity index (χ0) is 23.0. The molecule has 0 saturated heterocycles. The molecule has 1 heterocycles. The van der Waals surface area contributed by atoms with E-state index in [9.17, 15) is 36.7 Å². The maximum Gasteiger partial charge on any atom is 0.416 e. The molecule has 5 nitrogen and oxygen atoms in total. The first-order valence-corrected chi connectivity index (χ1v) is 8.80. The highest BCUT2D eigenvalue weighted by Gasteiger charge is 2.43. The Morgan fingerprint density at radius 2 is 1.45 bits per heavy atom. The van der Waals surface area contributed by atoms with Gasteiger partial charge in [0.1, 0.15) is 11.8 Å². The fourth-order valence-electron chi connectivity index (χ4n) is 3.30. The quantitative estimate of drug-likeness (QED) is 0.693. The van der Waals surface area contributed by atoms with Crippen molar-refractivity contribution in [2.75, 3.05) is 12.1 Å². The molecule has 0 spiro atoms. The highest BCUT2D eigenvalue weighted by molar-refractivity contribution is 6.03. The summed E-state index contributed by atoms with van der Waals surface area (Å²) in [4.78, 5) is 0. The monoisotopic (exact) mass is 443 g/mol. The number of hydrazone groups is 1. The van der Waals surface area contributed by atoms with E-state index in [-0.39, 0.29) is 17.0 Å². The molecule has 0 aliphatic carbocycles. The normalized spacial score (nSPS) is 20.4. The Morgan fingerprint density at radius 1 is 0.968 bits per heavy atom. The van der Waals surface area contributed by atoms with Crippen LogP contribution < -0.4 is 5.01 Å². The fourth-order valence-corrected chi connectivity index (χ4v) is 3.30. The third-order valence-electron chi connectivity index (χ3n) is 4.82. The van der Waals surface area contributed by atoms with Gasteiger partial charge in [0.15, 0.2) is 6.23 Å². The number of nitrogens with zero attached hydrogens (tertiary/aromatic N) is 3. The molecule has 11 heteroatoms. The van der Waals surface area contributed by atoms with E-state index in [1.54, 1.807) is 0 Å². The standard InChI is InChI=1S/C20H15F6N3O2/c1-31-17(11-2-4-12(5-3-11)19(21,22)23)16-15(10-27)28-29(18(16)30)14-8-6-13(7-9-14)20(24,25)26/h2-9,16-18,30H,1H3. The number of halogens is 6. The predicted molar refractivity (Wildman–Crippen MR) is 97.7 cm³/mol. The van der Waals surface area contributed by atoms with Crippen LogP contribution in [-0.4, -0.2) is 24.2 Å². The number of benzene rings is 2. The molecule has 0 fully saturated rings. The smallest absolute Gasteiger partial charge is 0.376 e. The Hall–Kier alpha value is -3.10. The summed E-state index contributed by atoms with van der Waals surface area (Å²) >= 11 is 0. The lowest BCUT2D eigenvalue weighted by Crippen LogP contribution is -2.37. The Bertz CT molecular complexity index is 994. The van der Waals surface area contributed by atoms with Gasteiger partial charge in [0, 0.05) is 7.11 Å². The molecule has 2 aromatic carbocycles. The Labute approximate surface area is 172 Å². The van der Waals surface area contributed by atoms with Crippen LogP contribution in [0.1, 0.15) is 22.8 Å². The number of alkyl halides is 6. The third-order valence-corrected chi connectivity index (χ3v) is 4.82. The van der Waals surface area contributed by atoms with Gasteiger partial charge in [0.2, 0.25) is 0 Å². The van der Waals surface area contributed by atoms with Crippen molar-refractivity contribution < 1.29 is 36.2 Å². The lowest BCUT2D eigenvalue weighted by atomic mass is 9.90. The first-order valence-electron chi connectivity index (χ1n) is 8.80. The number of nitriles is 1. The third kappa shape index (κ3) is 4.50. The van der Waals surface area contributed by atoms with Gasteiger partial charge in [0.25, 0.3) is 0 Å². The molecule has 0 saturated carbocycles.